The van der Waals surface area contributed by atoms with Gasteiger partial charge in [-0.3, -0.25) is 24.6 Å². The van der Waals surface area contributed by atoms with Crippen LogP contribution in [-0.4, -0.2) is 27.7 Å². The standard InChI is InChI=1S/C19H14N2O7/c1-10(22)15-16(11-4-2-7-14(8-11)21(27)28)20(18(24)17(15)23)13-6-3-5-12(9-13)19(25)26/h2-9,16,23H,1H3,(H,25,26)/p-1/t16-/m1/s1. The number of amides is 1. The van der Waals surface area contributed by atoms with E-state index in [1.807, 2.05) is 0 Å². The fraction of sp³-hybridized carbons (Fsp3) is 0.105. The molecule has 1 heterocycles. The van der Waals surface area contributed by atoms with E-state index in [2.05, 4.69) is 0 Å². The van der Waals surface area contributed by atoms with E-state index in [9.17, 15) is 34.7 Å². The van der Waals surface area contributed by atoms with Crippen molar-refractivity contribution < 1.29 is 29.5 Å². The highest BCUT2D eigenvalue weighted by Gasteiger charge is 2.39. The maximum atomic E-state index is 12.6. The van der Waals surface area contributed by atoms with Crippen LogP contribution in [0.3, 0.4) is 0 Å². The van der Waals surface area contributed by atoms with E-state index in [4.69, 9.17) is 0 Å². The van der Waals surface area contributed by atoms with Crippen LogP contribution in [0.15, 0.2) is 59.9 Å². The van der Waals surface area contributed by atoms with Crippen LogP contribution in [0, 0.1) is 10.1 Å². The number of nitrogens with zero attached hydrogens (tertiary/aromatic N) is 2. The van der Waals surface area contributed by atoms with Crippen molar-refractivity contribution in [1.29, 1.82) is 0 Å². The summed E-state index contributed by atoms with van der Waals surface area (Å²) in [4.78, 5) is 47.4. The van der Waals surface area contributed by atoms with Gasteiger partial charge in [0.1, 0.15) is 0 Å². The van der Waals surface area contributed by atoms with E-state index in [1.165, 1.54) is 48.5 Å². The average molecular weight is 381 g/mol. The summed E-state index contributed by atoms with van der Waals surface area (Å²) in [5.41, 5.74) is -0.435. The number of carbonyl (C=O) groups excluding carboxylic acids is 2. The number of nitro groups is 1. The molecule has 1 N–H and O–H groups in total. The second-order valence-electron chi connectivity index (χ2n) is 6.08. The van der Waals surface area contributed by atoms with E-state index in [0.717, 1.165) is 11.8 Å². The van der Waals surface area contributed by atoms with Gasteiger partial charge in [-0.2, -0.15) is 0 Å². The minimum Gasteiger partial charge on any atom is -0.868 e. The number of carboxylic acids is 1. The normalized spacial score (nSPS) is 16.4. The molecule has 2 aromatic rings. The number of carboxylic acid groups (broad SMARTS) is 1. The topological polar surface area (TPSA) is 141 Å². The summed E-state index contributed by atoms with van der Waals surface area (Å²) >= 11 is 0. The van der Waals surface area contributed by atoms with Crippen LogP contribution < -0.4 is 10.0 Å². The lowest BCUT2D eigenvalue weighted by Crippen LogP contribution is -2.32. The van der Waals surface area contributed by atoms with Crippen LogP contribution >= 0.6 is 0 Å². The molecule has 9 heteroatoms. The molecule has 1 aliphatic heterocycles. The van der Waals surface area contributed by atoms with Crippen molar-refractivity contribution in [2.75, 3.05) is 4.90 Å². The third kappa shape index (κ3) is 3.09. The molecule has 0 fully saturated rings. The second-order valence-corrected chi connectivity index (χ2v) is 6.08. The monoisotopic (exact) mass is 381 g/mol. The highest BCUT2D eigenvalue weighted by molar-refractivity contribution is 6.16. The summed E-state index contributed by atoms with van der Waals surface area (Å²) in [7, 11) is 0. The highest BCUT2D eigenvalue weighted by Crippen LogP contribution is 2.41. The summed E-state index contributed by atoms with van der Waals surface area (Å²) in [5.74, 6) is -3.91. The van der Waals surface area contributed by atoms with Crippen molar-refractivity contribution in [3.05, 3.63) is 81.1 Å². The molecular formula is C19H13N2O7-. The molecule has 0 radical (unpaired) electrons. The van der Waals surface area contributed by atoms with Gasteiger partial charge < -0.3 is 10.2 Å². The molecule has 0 unspecified atom stereocenters. The van der Waals surface area contributed by atoms with Gasteiger partial charge in [-0.1, -0.05) is 18.2 Å². The van der Waals surface area contributed by atoms with E-state index in [-0.39, 0.29) is 28.1 Å². The Bertz CT molecular complexity index is 1060. The molecule has 0 aromatic heterocycles. The summed E-state index contributed by atoms with van der Waals surface area (Å²) < 4.78 is 0. The van der Waals surface area contributed by atoms with Gasteiger partial charge in [0.05, 0.1) is 16.5 Å². The molecule has 0 aliphatic carbocycles. The van der Waals surface area contributed by atoms with Crippen molar-refractivity contribution in [3.63, 3.8) is 0 Å². The van der Waals surface area contributed by atoms with Crippen molar-refractivity contribution >= 4 is 29.0 Å². The Morgan fingerprint density at radius 1 is 1.14 bits per heavy atom. The van der Waals surface area contributed by atoms with Crippen molar-refractivity contribution in [1.82, 2.24) is 0 Å². The van der Waals surface area contributed by atoms with Gasteiger partial charge in [-0.05, 0) is 36.4 Å². The molecule has 2 aromatic carbocycles. The zero-order valence-corrected chi connectivity index (χ0v) is 14.5. The number of hydrogen-bond donors (Lipinski definition) is 1. The van der Waals surface area contributed by atoms with Gasteiger partial charge in [-0.25, -0.2) is 4.79 Å². The molecule has 3 rings (SSSR count). The molecule has 9 nitrogen and oxygen atoms in total. The lowest BCUT2D eigenvalue weighted by molar-refractivity contribution is -0.384. The lowest BCUT2D eigenvalue weighted by Gasteiger charge is -2.27. The minimum absolute atomic E-state index is 0.0889. The third-order valence-electron chi connectivity index (χ3n) is 4.34. The van der Waals surface area contributed by atoms with Gasteiger partial charge in [0, 0.05) is 23.4 Å². The van der Waals surface area contributed by atoms with Crippen molar-refractivity contribution in [2.45, 2.75) is 13.0 Å². The number of nitro benzene ring substituents is 1. The fourth-order valence-corrected chi connectivity index (χ4v) is 3.13. The molecule has 0 saturated heterocycles. The lowest BCUT2D eigenvalue weighted by atomic mass is 9.96. The predicted octanol–water partition coefficient (Wildman–Crippen LogP) is 1.58. The number of hydrogen-bond acceptors (Lipinski definition) is 6. The SMILES string of the molecule is CC(=O)C1=C([O-])C(=O)N(c2cccc(C(=O)O)c2)[C@@H]1c1cccc([N+](=O)[O-])c1. The number of carbonyl (C=O) groups is 3. The average Bonchev–Trinajstić information content (AvgIpc) is 2.93. The summed E-state index contributed by atoms with van der Waals surface area (Å²) in [6.45, 7) is 1.13. The molecule has 0 spiro atoms. The first-order chi connectivity index (χ1) is 13.2. The van der Waals surface area contributed by atoms with Crippen molar-refractivity contribution in [2.24, 2.45) is 0 Å². The van der Waals surface area contributed by atoms with Crippen LogP contribution in [-0.2, 0) is 9.59 Å². The maximum Gasteiger partial charge on any atom is 0.335 e. The highest BCUT2D eigenvalue weighted by atomic mass is 16.6. The van der Waals surface area contributed by atoms with Gasteiger partial charge in [0.15, 0.2) is 5.78 Å². The minimum atomic E-state index is -1.23. The summed E-state index contributed by atoms with van der Waals surface area (Å²) in [6, 6.07) is 9.38. The van der Waals surface area contributed by atoms with Gasteiger partial charge in [0.2, 0.25) is 5.91 Å². The Labute approximate surface area is 158 Å². The third-order valence-corrected chi connectivity index (χ3v) is 4.34. The van der Waals surface area contributed by atoms with E-state index >= 15 is 0 Å². The van der Waals surface area contributed by atoms with Crippen LogP contribution in [0.25, 0.3) is 0 Å². The van der Waals surface area contributed by atoms with Gasteiger partial charge in [-0.15, -0.1) is 0 Å². The molecular weight excluding hydrogens is 368 g/mol. The zero-order chi connectivity index (χ0) is 20.6. The number of ketones is 1. The van der Waals surface area contributed by atoms with Crippen LogP contribution in [0.2, 0.25) is 0 Å². The Kier molecular flexibility index (Phi) is 4.66. The first-order valence-electron chi connectivity index (χ1n) is 8.05. The Balaban J connectivity index is 2.21. The zero-order valence-electron chi connectivity index (χ0n) is 14.5. The number of anilines is 1. The van der Waals surface area contributed by atoms with Crippen LogP contribution in [0.5, 0.6) is 0 Å². The molecule has 1 aliphatic rings. The van der Waals surface area contributed by atoms with E-state index in [1.54, 1.807) is 0 Å². The first kappa shape index (κ1) is 18.8. The quantitative estimate of drug-likeness (QED) is 0.612. The van der Waals surface area contributed by atoms with Gasteiger partial charge in [0.25, 0.3) is 5.69 Å². The van der Waals surface area contributed by atoms with E-state index in [0.29, 0.717) is 0 Å². The molecule has 142 valence electrons. The molecule has 1 amide bonds. The fourth-order valence-electron chi connectivity index (χ4n) is 3.13. The number of non-ortho nitro benzene ring substituents is 1. The van der Waals surface area contributed by atoms with Crippen LogP contribution in [0.1, 0.15) is 28.9 Å². The number of benzene rings is 2. The largest absolute Gasteiger partial charge is 0.868 e. The molecule has 0 saturated carbocycles. The Morgan fingerprint density at radius 2 is 1.82 bits per heavy atom. The Hall–Kier alpha value is -4.01. The smallest absolute Gasteiger partial charge is 0.335 e. The molecule has 0 bridgehead atoms. The molecule has 1 atom stereocenters. The number of aromatic carboxylic acids is 1. The Morgan fingerprint density at radius 3 is 2.43 bits per heavy atom. The van der Waals surface area contributed by atoms with E-state index < -0.39 is 34.4 Å². The number of rotatable bonds is 5. The van der Waals surface area contributed by atoms with Crippen LogP contribution in [0.4, 0.5) is 11.4 Å². The van der Waals surface area contributed by atoms with Crippen molar-refractivity contribution in [3.8, 4) is 0 Å². The summed E-state index contributed by atoms with van der Waals surface area (Å²) in [6.07, 6.45) is 0. The summed E-state index contributed by atoms with van der Waals surface area (Å²) in [5, 5.41) is 32.7. The van der Waals surface area contributed by atoms with Gasteiger partial charge >= 0.3 is 5.97 Å². The first-order valence-corrected chi connectivity index (χ1v) is 8.05. The maximum absolute atomic E-state index is 12.6. The predicted molar refractivity (Wildman–Crippen MR) is 94.4 cm³/mol. The number of Topliss-reactive ketones (excluding diaryl/α,β-unsaturated/α-hetero) is 1. The molecule has 28 heavy (non-hydrogen) atoms. The second kappa shape index (κ2) is 6.95.